The first-order valence-corrected chi connectivity index (χ1v) is 6.38. The number of carbonyl (C=O) groups is 2. The van der Waals surface area contributed by atoms with Gasteiger partial charge >= 0.3 is 5.97 Å². The molecule has 6 heteroatoms. The Balaban J connectivity index is 2.41. The van der Waals surface area contributed by atoms with Gasteiger partial charge in [0.1, 0.15) is 6.04 Å². The summed E-state index contributed by atoms with van der Waals surface area (Å²) < 4.78 is 10.4. The van der Waals surface area contributed by atoms with Crippen molar-refractivity contribution in [3.63, 3.8) is 0 Å². The molecule has 1 amide bonds. The van der Waals surface area contributed by atoms with Crippen molar-refractivity contribution < 1.29 is 19.1 Å². The number of nitrogens with one attached hydrogen (secondary N) is 1. The normalized spacial score (nSPS) is 20.4. The molecule has 6 nitrogen and oxygen atoms in total. The molecule has 1 rings (SSSR count). The lowest BCUT2D eigenvalue weighted by molar-refractivity contribution is -0.149. The van der Waals surface area contributed by atoms with E-state index in [9.17, 15) is 9.59 Å². The number of unbranched alkanes of at least 4 members (excludes halogenated alkanes) is 1. The Bertz CT molecular complexity index is 283. The average molecular weight is 258 g/mol. The molecule has 1 aliphatic rings. The van der Waals surface area contributed by atoms with Crippen molar-refractivity contribution in [1.29, 1.82) is 0 Å². The van der Waals surface area contributed by atoms with Crippen LogP contribution >= 0.6 is 0 Å². The van der Waals surface area contributed by atoms with Crippen molar-refractivity contribution in [2.24, 2.45) is 0 Å². The van der Waals surface area contributed by atoms with E-state index in [1.807, 2.05) is 6.92 Å². The summed E-state index contributed by atoms with van der Waals surface area (Å²) in [6, 6.07) is -0.400. The zero-order chi connectivity index (χ0) is 13.4. The first kappa shape index (κ1) is 14.9. The van der Waals surface area contributed by atoms with Crippen LogP contribution in [0.5, 0.6) is 0 Å². The highest BCUT2D eigenvalue weighted by atomic mass is 16.5. The smallest absolute Gasteiger partial charge is 0.320 e. The minimum atomic E-state index is -0.400. The first-order valence-electron chi connectivity index (χ1n) is 6.38. The average Bonchev–Trinajstić information content (AvgIpc) is 2.39. The molecule has 0 aromatic rings. The molecule has 0 bridgehead atoms. The predicted molar refractivity (Wildman–Crippen MR) is 66.1 cm³/mol. The largest absolute Gasteiger partial charge is 0.465 e. The number of likely N-dealkylation sites (N-methyl/N-ethyl adjacent to an activating group) is 1. The van der Waals surface area contributed by atoms with E-state index in [1.165, 1.54) is 0 Å². The second-order valence-electron chi connectivity index (χ2n) is 4.25. The lowest BCUT2D eigenvalue weighted by Gasteiger charge is -2.33. The molecule has 0 saturated carbocycles. The SMILES string of the molecule is CCCCOC(=O)CN1CCOCC1C(=O)NC. The number of nitrogens with zero attached hydrogens (tertiary/aromatic N) is 1. The molecule has 0 aromatic heterocycles. The topological polar surface area (TPSA) is 67.9 Å². The quantitative estimate of drug-likeness (QED) is 0.527. The van der Waals surface area contributed by atoms with E-state index >= 15 is 0 Å². The lowest BCUT2D eigenvalue weighted by Crippen LogP contribution is -2.54. The van der Waals surface area contributed by atoms with Gasteiger partial charge in [0, 0.05) is 13.6 Å². The van der Waals surface area contributed by atoms with Gasteiger partial charge in [-0.05, 0) is 6.42 Å². The van der Waals surface area contributed by atoms with Crippen LogP contribution in [-0.4, -0.2) is 62.8 Å². The van der Waals surface area contributed by atoms with Gasteiger partial charge in [0.25, 0.3) is 0 Å². The summed E-state index contributed by atoms with van der Waals surface area (Å²) in [4.78, 5) is 25.0. The lowest BCUT2D eigenvalue weighted by atomic mass is 10.2. The Morgan fingerprint density at radius 2 is 2.28 bits per heavy atom. The van der Waals surface area contributed by atoms with Crippen LogP contribution in [0.25, 0.3) is 0 Å². The van der Waals surface area contributed by atoms with E-state index < -0.39 is 6.04 Å². The minimum Gasteiger partial charge on any atom is -0.465 e. The third-order valence-electron chi connectivity index (χ3n) is 2.88. The number of carbonyl (C=O) groups excluding carboxylic acids is 2. The van der Waals surface area contributed by atoms with Crippen LogP contribution in [0.4, 0.5) is 0 Å². The molecule has 1 unspecified atom stereocenters. The number of hydrogen-bond donors (Lipinski definition) is 1. The van der Waals surface area contributed by atoms with Crippen LogP contribution < -0.4 is 5.32 Å². The molecule has 1 saturated heterocycles. The molecule has 0 aromatic carbocycles. The maximum absolute atomic E-state index is 11.6. The standard InChI is InChI=1S/C12H22N2O4/c1-3-4-6-18-11(15)8-14-5-7-17-9-10(14)12(16)13-2/h10H,3-9H2,1-2H3,(H,13,16). The summed E-state index contributed by atoms with van der Waals surface area (Å²) in [6.07, 6.45) is 1.86. The summed E-state index contributed by atoms with van der Waals surface area (Å²) in [6.45, 7) is 4.06. The minimum absolute atomic E-state index is 0.129. The maximum atomic E-state index is 11.6. The van der Waals surface area contributed by atoms with Crippen LogP contribution in [0.15, 0.2) is 0 Å². The van der Waals surface area contributed by atoms with Gasteiger partial charge < -0.3 is 14.8 Å². The zero-order valence-corrected chi connectivity index (χ0v) is 11.1. The molecule has 104 valence electrons. The molecule has 0 spiro atoms. The monoisotopic (exact) mass is 258 g/mol. The Morgan fingerprint density at radius 3 is 2.94 bits per heavy atom. The highest BCUT2D eigenvalue weighted by molar-refractivity contribution is 5.82. The van der Waals surface area contributed by atoms with Crippen molar-refractivity contribution in [3.8, 4) is 0 Å². The molecular formula is C12H22N2O4. The van der Waals surface area contributed by atoms with Crippen molar-refractivity contribution in [2.75, 3.05) is 40.0 Å². The van der Waals surface area contributed by atoms with Crippen LogP contribution in [0.1, 0.15) is 19.8 Å². The number of rotatable bonds is 6. The summed E-state index contributed by atoms with van der Waals surface area (Å²) in [7, 11) is 1.58. The van der Waals surface area contributed by atoms with Gasteiger partial charge in [0.2, 0.25) is 5.91 Å². The number of ether oxygens (including phenoxy) is 2. The van der Waals surface area contributed by atoms with E-state index in [1.54, 1.807) is 11.9 Å². The zero-order valence-electron chi connectivity index (χ0n) is 11.1. The number of hydrogen-bond acceptors (Lipinski definition) is 5. The van der Waals surface area contributed by atoms with Gasteiger partial charge in [-0.25, -0.2) is 0 Å². The van der Waals surface area contributed by atoms with Crippen molar-refractivity contribution in [3.05, 3.63) is 0 Å². The van der Waals surface area contributed by atoms with Gasteiger partial charge in [-0.15, -0.1) is 0 Å². The van der Waals surface area contributed by atoms with Crippen LogP contribution in [0.2, 0.25) is 0 Å². The van der Waals surface area contributed by atoms with Crippen LogP contribution in [-0.2, 0) is 19.1 Å². The Kier molecular flexibility index (Phi) is 6.67. The summed E-state index contributed by atoms with van der Waals surface area (Å²) in [5.74, 6) is -0.407. The summed E-state index contributed by atoms with van der Waals surface area (Å²) in [5.41, 5.74) is 0. The summed E-state index contributed by atoms with van der Waals surface area (Å²) in [5, 5.41) is 2.58. The Labute approximate surface area is 108 Å². The van der Waals surface area contributed by atoms with E-state index in [4.69, 9.17) is 9.47 Å². The molecule has 1 fully saturated rings. The molecule has 1 N–H and O–H groups in total. The van der Waals surface area contributed by atoms with E-state index in [0.717, 1.165) is 12.8 Å². The van der Waals surface area contributed by atoms with Crippen LogP contribution in [0, 0.1) is 0 Å². The Hall–Kier alpha value is -1.14. The highest BCUT2D eigenvalue weighted by Crippen LogP contribution is 2.07. The number of amides is 1. The third kappa shape index (κ3) is 4.62. The van der Waals surface area contributed by atoms with Crippen molar-refractivity contribution in [2.45, 2.75) is 25.8 Å². The molecule has 1 atom stereocenters. The molecule has 1 heterocycles. The predicted octanol–water partition coefficient (Wildman–Crippen LogP) is -0.223. The van der Waals surface area contributed by atoms with Gasteiger partial charge in [-0.1, -0.05) is 13.3 Å². The van der Waals surface area contributed by atoms with Gasteiger partial charge in [0.05, 0.1) is 26.4 Å². The molecule has 0 radical (unpaired) electrons. The molecule has 1 aliphatic heterocycles. The van der Waals surface area contributed by atoms with Crippen LogP contribution in [0.3, 0.4) is 0 Å². The fraction of sp³-hybridized carbons (Fsp3) is 0.833. The summed E-state index contributed by atoms with van der Waals surface area (Å²) >= 11 is 0. The fourth-order valence-electron chi connectivity index (χ4n) is 1.78. The Morgan fingerprint density at radius 1 is 1.50 bits per heavy atom. The molecular weight excluding hydrogens is 236 g/mol. The van der Waals surface area contributed by atoms with Crippen molar-refractivity contribution >= 4 is 11.9 Å². The molecule has 0 aliphatic carbocycles. The highest BCUT2D eigenvalue weighted by Gasteiger charge is 2.30. The maximum Gasteiger partial charge on any atom is 0.320 e. The van der Waals surface area contributed by atoms with Gasteiger partial charge in [-0.3, -0.25) is 14.5 Å². The number of esters is 1. The second kappa shape index (κ2) is 8.05. The third-order valence-corrected chi connectivity index (χ3v) is 2.88. The first-order chi connectivity index (χ1) is 8.69. The van der Waals surface area contributed by atoms with Crippen molar-refractivity contribution in [1.82, 2.24) is 10.2 Å². The number of morpholine rings is 1. The van der Waals surface area contributed by atoms with Gasteiger partial charge in [-0.2, -0.15) is 0 Å². The molecule has 18 heavy (non-hydrogen) atoms. The van der Waals surface area contributed by atoms with E-state index in [0.29, 0.717) is 26.4 Å². The van der Waals surface area contributed by atoms with E-state index in [-0.39, 0.29) is 18.4 Å². The van der Waals surface area contributed by atoms with Gasteiger partial charge in [0.15, 0.2) is 0 Å². The fourth-order valence-corrected chi connectivity index (χ4v) is 1.78. The van der Waals surface area contributed by atoms with E-state index in [2.05, 4.69) is 5.32 Å². The second-order valence-corrected chi connectivity index (χ2v) is 4.25.